The largest absolute Gasteiger partial charge is 0.507 e. The molecule has 2 aromatic heterocycles. The summed E-state index contributed by atoms with van der Waals surface area (Å²) in [5.41, 5.74) is 3.14. The fourth-order valence-electron chi connectivity index (χ4n) is 4.49. The van der Waals surface area contributed by atoms with Crippen LogP contribution in [-0.2, 0) is 4.79 Å². The lowest BCUT2D eigenvalue weighted by Gasteiger charge is -2.36. The zero-order valence-electron chi connectivity index (χ0n) is 19.6. The average Bonchev–Trinajstić information content (AvgIpc) is 3.33. The number of piperazine rings is 1. The molecule has 0 amide bonds. The second-order valence-corrected chi connectivity index (χ2v) is 9.05. The number of phenols is 1. The van der Waals surface area contributed by atoms with Crippen molar-refractivity contribution in [3.8, 4) is 17.0 Å². The molecule has 4 aromatic rings. The number of aliphatic carboxylic acids is 1. The van der Waals surface area contributed by atoms with Crippen molar-refractivity contribution >= 4 is 28.4 Å². The van der Waals surface area contributed by atoms with Crippen molar-refractivity contribution in [2.24, 2.45) is 5.92 Å². The maximum atomic E-state index is 11.6. The van der Waals surface area contributed by atoms with Gasteiger partial charge in [0.15, 0.2) is 11.9 Å². The predicted octanol–water partition coefficient (Wildman–Crippen LogP) is 3.20. The molecule has 0 spiro atoms. The molecule has 2 aromatic carbocycles. The zero-order chi connectivity index (χ0) is 24.5. The van der Waals surface area contributed by atoms with Crippen LogP contribution >= 0.6 is 0 Å². The van der Waals surface area contributed by atoms with Crippen molar-refractivity contribution in [3.63, 3.8) is 0 Å². The highest BCUT2D eigenvalue weighted by molar-refractivity contribution is 5.85. The summed E-state index contributed by atoms with van der Waals surface area (Å²) in [6.45, 7) is 6.78. The number of hydrogen-bond acceptors (Lipinski definition) is 8. The van der Waals surface area contributed by atoms with Gasteiger partial charge in [0.1, 0.15) is 5.75 Å². The van der Waals surface area contributed by atoms with Gasteiger partial charge in [-0.1, -0.05) is 37.3 Å². The minimum absolute atomic E-state index is 0.0932. The summed E-state index contributed by atoms with van der Waals surface area (Å²) >= 11 is 0. The van der Waals surface area contributed by atoms with E-state index < -0.39 is 12.0 Å². The summed E-state index contributed by atoms with van der Waals surface area (Å²) in [5, 5.41) is 37.6. The van der Waals surface area contributed by atoms with Gasteiger partial charge in [-0.05, 0) is 36.2 Å². The summed E-state index contributed by atoms with van der Waals surface area (Å²) in [6.07, 6.45) is 1.72. The number of carboxylic acid groups (broad SMARTS) is 1. The summed E-state index contributed by atoms with van der Waals surface area (Å²) in [5.74, 6) is -0.131. The second kappa shape index (κ2) is 9.21. The second-order valence-electron chi connectivity index (χ2n) is 9.05. The summed E-state index contributed by atoms with van der Waals surface area (Å²) in [6, 6.07) is 14.4. The van der Waals surface area contributed by atoms with E-state index in [4.69, 9.17) is 0 Å². The molecule has 1 aliphatic rings. The molecule has 0 radical (unpaired) electrons. The molecule has 180 valence electrons. The highest BCUT2D eigenvalue weighted by Crippen LogP contribution is 2.30. The number of carbonyl (C=O) groups is 1. The van der Waals surface area contributed by atoms with Gasteiger partial charge in [-0.15, -0.1) is 15.3 Å². The molecule has 1 fully saturated rings. The first kappa shape index (κ1) is 22.6. The van der Waals surface area contributed by atoms with Gasteiger partial charge in [-0.3, -0.25) is 0 Å². The van der Waals surface area contributed by atoms with E-state index in [9.17, 15) is 15.0 Å². The quantitative estimate of drug-likeness (QED) is 0.435. The van der Waals surface area contributed by atoms with Crippen molar-refractivity contribution < 1.29 is 15.0 Å². The van der Waals surface area contributed by atoms with Crippen LogP contribution < -0.4 is 9.80 Å². The Morgan fingerprint density at radius 1 is 0.943 bits per heavy atom. The molecule has 2 N–H and O–H groups in total. The topological polar surface area (TPSA) is 120 Å². The van der Waals surface area contributed by atoms with Gasteiger partial charge in [-0.2, -0.15) is 0 Å². The monoisotopic (exact) mass is 473 g/mol. The van der Waals surface area contributed by atoms with E-state index in [2.05, 4.69) is 36.4 Å². The maximum Gasteiger partial charge on any atom is 0.328 e. The number of phenolic OH excluding ortho intramolecular Hbond substituents is 1. The molecule has 1 aliphatic heterocycles. The van der Waals surface area contributed by atoms with E-state index in [1.54, 1.807) is 18.3 Å². The first-order chi connectivity index (χ1) is 16.9. The third-order valence-electron chi connectivity index (χ3n) is 6.39. The van der Waals surface area contributed by atoms with Crippen LogP contribution in [0.5, 0.6) is 5.75 Å². The predicted molar refractivity (Wildman–Crippen MR) is 133 cm³/mol. The highest BCUT2D eigenvalue weighted by atomic mass is 16.4. The van der Waals surface area contributed by atoms with Gasteiger partial charge in [0.2, 0.25) is 0 Å². The van der Waals surface area contributed by atoms with Gasteiger partial charge >= 0.3 is 5.97 Å². The standard InChI is InChI=1S/C25H27N7O3/c1-16(2)24(25(34)35)32-15-23(28-29-32)31-11-9-30(10-12-31)18-8-7-17-13-21(27-26-20(17)14-18)19-5-3-4-6-22(19)33/h3-8,13-16,24,33H,9-12H2,1-2H3,(H,34,35). The number of fused-ring (bicyclic) bond motifs is 1. The van der Waals surface area contributed by atoms with Crippen molar-refractivity contribution in [2.45, 2.75) is 19.9 Å². The van der Waals surface area contributed by atoms with Crippen molar-refractivity contribution in [2.75, 3.05) is 36.0 Å². The first-order valence-electron chi connectivity index (χ1n) is 11.6. The van der Waals surface area contributed by atoms with E-state index in [1.807, 2.05) is 44.2 Å². The molecule has 10 heteroatoms. The molecule has 5 rings (SSSR count). The summed E-state index contributed by atoms with van der Waals surface area (Å²) < 4.78 is 1.44. The Hall–Kier alpha value is -4.21. The van der Waals surface area contributed by atoms with Crippen LogP contribution in [0.15, 0.2) is 54.7 Å². The molecular weight excluding hydrogens is 446 g/mol. The van der Waals surface area contributed by atoms with Crippen LogP contribution in [0, 0.1) is 5.92 Å². The van der Waals surface area contributed by atoms with Gasteiger partial charge in [0.05, 0.1) is 17.4 Å². The molecule has 35 heavy (non-hydrogen) atoms. The Morgan fingerprint density at radius 2 is 1.69 bits per heavy atom. The molecule has 10 nitrogen and oxygen atoms in total. The molecule has 1 atom stereocenters. The molecule has 0 aliphatic carbocycles. The van der Waals surface area contributed by atoms with Crippen LogP contribution in [0.1, 0.15) is 19.9 Å². The van der Waals surface area contributed by atoms with Crippen LogP contribution in [0.25, 0.3) is 22.2 Å². The van der Waals surface area contributed by atoms with Crippen LogP contribution in [0.2, 0.25) is 0 Å². The van der Waals surface area contributed by atoms with Gasteiger partial charge in [0, 0.05) is 42.8 Å². The Bertz CT molecular complexity index is 1360. The number of nitrogens with zero attached hydrogens (tertiary/aromatic N) is 7. The summed E-state index contributed by atoms with van der Waals surface area (Å²) in [7, 11) is 0. The van der Waals surface area contributed by atoms with Crippen molar-refractivity contribution in [1.29, 1.82) is 0 Å². The number of benzene rings is 2. The number of carboxylic acids is 1. The number of rotatable bonds is 6. The Kier molecular flexibility index (Phi) is 5.94. The zero-order valence-corrected chi connectivity index (χ0v) is 19.6. The summed E-state index contributed by atoms with van der Waals surface area (Å²) in [4.78, 5) is 16.0. The lowest BCUT2D eigenvalue weighted by molar-refractivity contribution is -0.142. The average molecular weight is 474 g/mol. The molecular formula is C25H27N7O3. The van der Waals surface area contributed by atoms with E-state index in [0.29, 0.717) is 17.1 Å². The van der Waals surface area contributed by atoms with Crippen molar-refractivity contribution in [3.05, 3.63) is 54.7 Å². The van der Waals surface area contributed by atoms with E-state index in [0.717, 1.165) is 42.8 Å². The number of aromatic hydroxyl groups is 1. The molecule has 0 saturated carbocycles. The fraction of sp³-hybridized carbons (Fsp3) is 0.320. The van der Waals surface area contributed by atoms with Crippen molar-refractivity contribution in [1.82, 2.24) is 25.2 Å². The van der Waals surface area contributed by atoms with Crippen LogP contribution in [-0.4, -0.2) is 67.6 Å². The lowest BCUT2D eigenvalue weighted by Crippen LogP contribution is -2.46. The smallest absolute Gasteiger partial charge is 0.328 e. The number of anilines is 2. The SMILES string of the molecule is CC(C)C(C(=O)O)n1cc(N2CCN(c3ccc4cc(-c5ccccc5O)nnc4c3)CC2)nn1. The molecule has 1 saturated heterocycles. The highest BCUT2D eigenvalue weighted by Gasteiger charge is 2.27. The van der Waals surface area contributed by atoms with E-state index in [-0.39, 0.29) is 11.7 Å². The Morgan fingerprint density at radius 3 is 2.40 bits per heavy atom. The van der Waals surface area contributed by atoms with Gasteiger partial charge in [0.25, 0.3) is 0 Å². The first-order valence-corrected chi connectivity index (χ1v) is 11.6. The number of para-hydroxylation sites is 1. The maximum absolute atomic E-state index is 11.6. The molecule has 0 bridgehead atoms. The molecule has 3 heterocycles. The van der Waals surface area contributed by atoms with Crippen LogP contribution in [0.4, 0.5) is 11.5 Å². The van der Waals surface area contributed by atoms with Gasteiger partial charge in [-0.25, -0.2) is 9.48 Å². The normalized spacial score (nSPS) is 15.1. The van der Waals surface area contributed by atoms with Gasteiger partial charge < -0.3 is 20.0 Å². The van der Waals surface area contributed by atoms with E-state index in [1.165, 1.54) is 4.68 Å². The third-order valence-corrected chi connectivity index (χ3v) is 6.39. The molecule has 1 unspecified atom stereocenters. The fourth-order valence-corrected chi connectivity index (χ4v) is 4.49. The van der Waals surface area contributed by atoms with E-state index >= 15 is 0 Å². The number of aromatic nitrogens is 5. The van der Waals surface area contributed by atoms with Crippen LogP contribution in [0.3, 0.4) is 0 Å². The Labute approximate surface area is 202 Å². The minimum Gasteiger partial charge on any atom is -0.507 e. The number of hydrogen-bond donors (Lipinski definition) is 2. The third kappa shape index (κ3) is 4.46. The Balaban J connectivity index is 1.28. The minimum atomic E-state index is -0.909. The lowest BCUT2D eigenvalue weighted by atomic mass is 10.1.